The summed E-state index contributed by atoms with van der Waals surface area (Å²) in [6.07, 6.45) is 7.76. The Morgan fingerprint density at radius 3 is 2.19 bits per heavy atom. The molecule has 0 fully saturated rings. The van der Waals surface area contributed by atoms with E-state index in [-0.39, 0.29) is 0 Å². The van der Waals surface area contributed by atoms with Crippen molar-refractivity contribution in [2.24, 2.45) is 0 Å². The number of halogens is 1. The maximum absolute atomic E-state index is 3.59. The largest absolute Gasteiger partial charge is 0.0890 e. The highest BCUT2D eigenvalue weighted by Gasteiger charge is 1.99. The number of aryl methyl sites for hydroxylation is 1. The van der Waals surface area contributed by atoms with E-state index in [9.17, 15) is 0 Å². The van der Waals surface area contributed by atoms with E-state index >= 15 is 0 Å². The molecule has 90 valence electrons. The quantitative estimate of drug-likeness (QED) is 0.480. The first-order valence-corrected chi connectivity index (χ1v) is 7.36. The first-order chi connectivity index (χ1) is 7.72. The van der Waals surface area contributed by atoms with Gasteiger partial charge in [0.2, 0.25) is 0 Å². The van der Waals surface area contributed by atoms with E-state index in [1.54, 1.807) is 0 Å². The van der Waals surface area contributed by atoms with Crippen LogP contribution < -0.4 is 0 Å². The topological polar surface area (TPSA) is 0 Å². The van der Waals surface area contributed by atoms with Gasteiger partial charge in [0, 0.05) is 4.83 Å². The van der Waals surface area contributed by atoms with Crippen LogP contribution in [0.15, 0.2) is 24.3 Å². The Balaban J connectivity index is 2.33. The maximum Gasteiger partial charge on any atom is 0.0157 e. The zero-order valence-electron chi connectivity index (χ0n) is 10.5. The molecule has 0 aliphatic carbocycles. The van der Waals surface area contributed by atoms with Crippen molar-refractivity contribution in [1.29, 1.82) is 0 Å². The summed E-state index contributed by atoms with van der Waals surface area (Å²) in [6, 6.07) is 9.12. The molecular formula is C15H23Br. The monoisotopic (exact) mass is 282 g/mol. The van der Waals surface area contributed by atoms with Crippen molar-refractivity contribution in [3.8, 4) is 0 Å². The molecule has 0 aliphatic rings. The van der Waals surface area contributed by atoms with Gasteiger partial charge in [0.25, 0.3) is 0 Å². The van der Waals surface area contributed by atoms with E-state index < -0.39 is 0 Å². The van der Waals surface area contributed by atoms with Crippen LogP contribution in [0.5, 0.6) is 0 Å². The van der Waals surface area contributed by atoms with Crippen molar-refractivity contribution < 1.29 is 0 Å². The van der Waals surface area contributed by atoms with Crippen LogP contribution in [0.2, 0.25) is 0 Å². The highest BCUT2D eigenvalue weighted by atomic mass is 79.9. The smallest absolute Gasteiger partial charge is 0.0157 e. The predicted octanol–water partition coefficient (Wildman–Crippen LogP) is 5.14. The Labute approximate surface area is 109 Å². The third kappa shape index (κ3) is 5.69. The second-order valence-corrected chi connectivity index (χ2v) is 6.18. The number of unbranched alkanes of at least 4 members (excludes halogenated alkanes) is 3. The molecule has 0 saturated carbocycles. The molecule has 1 aromatic rings. The highest BCUT2D eigenvalue weighted by molar-refractivity contribution is 9.09. The van der Waals surface area contributed by atoms with Crippen LogP contribution in [0.3, 0.4) is 0 Å². The fourth-order valence-electron chi connectivity index (χ4n) is 1.92. The second-order valence-electron chi connectivity index (χ2n) is 4.61. The molecule has 0 N–H and O–H groups in total. The summed E-state index contributed by atoms with van der Waals surface area (Å²) in [7, 11) is 0. The molecule has 1 atom stereocenters. The van der Waals surface area contributed by atoms with Crippen molar-refractivity contribution in [2.75, 3.05) is 0 Å². The van der Waals surface area contributed by atoms with Crippen LogP contribution in [0.1, 0.15) is 50.7 Å². The lowest BCUT2D eigenvalue weighted by Gasteiger charge is -2.05. The molecule has 0 spiro atoms. The summed E-state index contributed by atoms with van der Waals surface area (Å²) in [6.45, 7) is 4.45. The molecule has 0 radical (unpaired) electrons. The van der Waals surface area contributed by atoms with Gasteiger partial charge in [0.05, 0.1) is 0 Å². The Morgan fingerprint density at radius 2 is 1.62 bits per heavy atom. The van der Waals surface area contributed by atoms with E-state index in [2.05, 4.69) is 54.0 Å². The minimum absolute atomic E-state index is 0.572. The summed E-state index contributed by atoms with van der Waals surface area (Å²) < 4.78 is 0. The van der Waals surface area contributed by atoms with Gasteiger partial charge in [-0.2, -0.15) is 0 Å². The molecule has 0 bridgehead atoms. The fourth-order valence-corrected chi connectivity index (χ4v) is 2.30. The minimum atomic E-state index is 0.572. The van der Waals surface area contributed by atoms with Crippen molar-refractivity contribution in [3.05, 3.63) is 35.4 Å². The van der Waals surface area contributed by atoms with Gasteiger partial charge >= 0.3 is 0 Å². The van der Waals surface area contributed by atoms with E-state index in [0.717, 1.165) is 6.42 Å². The summed E-state index contributed by atoms with van der Waals surface area (Å²) in [5.41, 5.74) is 2.92. The molecular weight excluding hydrogens is 260 g/mol. The third-order valence-electron chi connectivity index (χ3n) is 2.86. The van der Waals surface area contributed by atoms with Crippen molar-refractivity contribution in [2.45, 2.75) is 57.2 Å². The summed E-state index contributed by atoms with van der Waals surface area (Å²) >= 11 is 3.59. The standard InChI is InChI=1S/C15H23Br/c1-3-4-5-6-7-14-8-10-15(11-9-14)12-13(2)16/h8-11,13H,3-7,12H2,1-2H3. The molecule has 0 saturated heterocycles. The van der Waals surface area contributed by atoms with Crippen molar-refractivity contribution in [1.82, 2.24) is 0 Å². The molecule has 0 aliphatic heterocycles. The molecule has 1 rings (SSSR count). The first kappa shape index (κ1) is 13.8. The van der Waals surface area contributed by atoms with Gasteiger partial charge in [-0.3, -0.25) is 0 Å². The van der Waals surface area contributed by atoms with E-state index in [0.29, 0.717) is 4.83 Å². The van der Waals surface area contributed by atoms with Crippen LogP contribution in [0, 0.1) is 0 Å². The highest BCUT2D eigenvalue weighted by Crippen LogP contribution is 2.13. The molecule has 0 heterocycles. The molecule has 1 heteroatoms. The van der Waals surface area contributed by atoms with Gasteiger partial charge in [-0.05, 0) is 30.4 Å². The van der Waals surface area contributed by atoms with Gasteiger partial charge in [0.1, 0.15) is 0 Å². The van der Waals surface area contributed by atoms with Gasteiger partial charge < -0.3 is 0 Å². The average Bonchev–Trinajstić information content (AvgIpc) is 2.26. The lowest BCUT2D eigenvalue weighted by Crippen LogP contribution is -1.96. The van der Waals surface area contributed by atoms with Gasteiger partial charge in [-0.15, -0.1) is 0 Å². The SMILES string of the molecule is CCCCCCc1ccc(CC(C)Br)cc1. The normalized spacial score (nSPS) is 12.7. The molecule has 0 amide bonds. The van der Waals surface area contributed by atoms with Crippen LogP contribution in [-0.2, 0) is 12.8 Å². The Morgan fingerprint density at radius 1 is 1.00 bits per heavy atom. The number of hydrogen-bond donors (Lipinski definition) is 0. The summed E-state index contributed by atoms with van der Waals surface area (Å²) in [4.78, 5) is 0.572. The van der Waals surface area contributed by atoms with E-state index in [1.165, 1.54) is 43.2 Å². The van der Waals surface area contributed by atoms with Crippen LogP contribution >= 0.6 is 15.9 Å². The lowest BCUT2D eigenvalue weighted by molar-refractivity contribution is 0.667. The number of hydrogen-bond acceptors (Lipinski definition) is 0. The molecule has 0 aromatic heterocycles. The minimum Gasteiger partial charge on any atom is -0.0890 e. The van der Waals surface area contributed by atoms with Gasteiger partial charge in [-0.25, -0.2) is 0 Å². The van der Waals surface area contributed by atoms with Crippen molar-refractivity contribution >= 4 is 15.9 Å². The van der Waals surface area contributed by atoms with Crippen LogP contribution in [-0.4, -0.2) is 4.83 Å². The van der Waals surface area contributed by atoms with E-state index in [4.69, 9.17) is 0 Å². The summed E-state index contributed by atoms with van der Waals surface area (Å²) in [5, 5.41) is 0. The molecule has 0 nitrogen and oxygen atoms in total. The average molecular weight is 283 g/mol. The zero-order chi connectivity index (χ0) is 11.8. The predicted molar refractivity (Wildman–Crippen MR) is 76.4 cm³/mol. The summed E-state index contributed by atoms with van der Waals surface area (Å²) in [5.74, 6) is 0. The third-order valence-corrected chi connectivity index (χ3v) is 3.18. The maximum atomic E-state index is 3.59. The van der Waals surface area contributed by atoms with Gasteiger partial charge in [-0.1, -0.05) is 73.3 Å². The lowest BCUT2D eigenvalue weighted by atomic mass is 10.0. The van der Waals surface area contributed by atoms with Crippen LogP contribution in [0.4, 0.5) is 0 Å². The Kier molecular flexibility index (Phi) is 6.79. The molecule has 16 heavy (non-hydrogen) atoms. The van der Waals surface area contributed by atoms with E-state index in [1.807, 2.05) is 0 Å². The van der Waals surface area contributed by atoms with Crippen LogP contribution in [0.25, 0.3) is 0 Å². The Bertz CT molecular complexity index is 274. The Hall–Kier alpha value is -0.300. The first-order valence-electron chi connectivity index (χ1n) is 6.44. The molecule has 1 unspecified atom stereocenters. The van der Waals surface area contributed by atoms with Crippen molar-refractivity contribution in [3.63, 3.8) is 0 Å². The fraction of sp³-hybridized carbons (Fsp3) is 0.600. The van der Waals surface area contributed by atoms with Gasteiger partial charge in [0.15, 0.2) is 0 Å². The number of alkyl halides is 1. The second kappa shape index (κ2) is 7.89. The zero-order valence-corrected chi connectivity index (χ0v) is 12.1. The number of benzene rings is 1. The number of rotatable bonds is 7. The molecule has 1 aromatic carbocycles.